The molecule has 1 N–H and O–H groups in total. The van der Waals surface area contributed by atoms with E-state index in [1.165, 1.54) is 11.6 Å². The second kappa shape index (κ2) is 6.31. The van der Waals surface area contributed by atoms with Crippen LogP contribution in [0.2, 0.25) is 0 Å². The Kier molecular flexibility index (Phi) is 4.72. The fourth-order valence-corrected chi connectivity index (χ4v) is 2.54. The number of hydrogen-bond acceptors (Lipinski definition) is 1. The lowest BCUT2D eigenvalue weighted by Crippen LogP contribution is -2.22. The number of hydrogen-bond donors (Lipinski definition) is 1. The molecule has 2 aromatic carbocycles. The van der Waals surface area contributed by atoms with Crippen molar-refractivity contribution in [2.24, 2.45) is 0 Å². The van der Waals surface area contributed by atoms with E-state index in [-0.39, 0.29) is 17.9 Å². The van der Waals surface area contributed by atoms with Crippen LogP contribution in [0.3, 0.4) is 0 Å². The summed E-state index contributed by atoms with van der Waals surface area (Å²) in [4.78, 5) is 0. The van der Waals surface area contributed by atoms with Crippen LogP contribution < -0.4 is 5.32 Å². The van der Waals surface area contributed by atoms with E-state index in [0.717, 1.165) is 10.0 Å². The third-order valence-electron chi connectivity index (χ3n) is 3.20. The summed E-state index contributed by atoms with van der Waals surface area (Å²) in [5.41, 5.74) is 2.17. The monoisotopic (exact) mass is 321 g/mol. The maximum atomic E-state index is 13.2. The Morgan fingerprint density at radius 3 is 2.11 bits per heavy atom. The van der Waals surface area contributed by atoms with Crippen LogP contribution in [0.25, 0.3) is 0 Å². The normalized spacial score (nSPS) is 14.1. The van der Waals surface area contributed by atoms with Crippen LogP contribution in [0.4, 0.5) is 4.39 Å². The van der Waals surface area contributed by atoms with Crippen molar-refractivity contribution < 1.29 is 4.39 Å². The molecule has 0 aliphatic heterocycles. The van der Waals surface area contributed by atoms with Gasteiger partial charge in [0.15, 0.2) is 0 Å². The van der Waals surface area contributed by atoms with E-state index in [1.54, 1.807) is 12.1 Å². The number of halogens is 2. The van der Waals surface area contributed by atoms with Gasteiger partial charge in [-0.3, -0.25) is 0 Å². The molecule has 0 saturated heterocycles. The molecular formula is C16H17BrFN. The Bertz CT molecular complexity index is 506. The van der Waals surface area contributed by atoms with E-state index in [1.807, 2.05) is 25.1 Å². The van der Waals surface area contributed by atoms with Crippen LogP contribution in [0.1, 0.15) is 37.1 Å². The summed E-state index contributed by atoms with van der Waals surface area (Å²) >= 11 is 3.47. The van der Waals surface area contributed by atoms with Crippen molar-refractivity contribution in [1.82, 2.24) is 5.32 Å². The molecule has 0 spiro atoms. The van der Waals surface area contributed by atoms with Gasteiger partial charge in [-0.25, -0.2) is 4.39 Å². The van der Waals surface area contributed by atoms with Crippen molar-refractivity contribution in [2.75, 3.05) is 0 Å². The van der Waals surface area contributed by atoms with Gasteiger partial charge in [0.05, 0.1) is 0 Å². The third kappa shape index (κ3) is 3.88. The lowest BCUT2D eigenvalue weighted by atomic mass is 10.0. The van der Waals surface area contributed by atoms with E-state index in [2.05, 4.69) is 40.3 Å². The molecule has 0 aromatic heterocycles. The minimum absolute atomic E-state index is 0.102. The summed E-state index contributed by atoms with van der Waals surface area (Å²) < 4.78 is 14.3. The van der Waals surface area contributed by atoms with Gasteiger partial charge in [-0.1, -0.05) is 40.2 Å². The Hall–Kier alpha value is -1.19. The van der Waals surface area contributed by atoms with Crippen molar-refractivity contribution in [2.45, 2.75) is 25.9 Å². The van der Waals surface area contributed by atoms with E-state index < -0.39 is 0 Å². The van der Waals surface area contributed by atoms with Gasteiger partial charge in [0.25, 0.3) is 0 Å². The molecule has 100 valence electrons. The van der Waals surface area contributed by atoms with Gasteiger partial charge >= 0.3 is 0 Å². The summed E-state index contributed by atoms with van der Waals surface area (Å²) in [6.07, 6.45) is 0. The van der Waals surface area contributed by atoms with Gasteiger partial charge in [-0.05, 0) is 49.2 Å². The van der Waals surface area contributed by atoms with E-state index >= 15 is 0 Å². The highest BCUT2D eigenvalue weighted by molar-refractivity contribution is 9.10. The van der Waals surface area contributed by atoms with Gasteiger partial charge in [0.2, 0.25) is 0 Å². The van der Waals surface area contributed by atoms with Gasteiger partial charge in [0.1, 0.15) is 5.82 Å². The van der Waals surface area contributed by atoms with Crippen LogP contribution in [0.5, 0.6) is 0 Å². The fraction of sp³-hybridized carbons (Fsp3) is 0.250. The third-order valence-corrected chi connectivity index (χ3v) is 3.69. The van der Waals surface area contributed by atoms with Crippen molar-refractivity contribution in [3.8, 4) is 0 Å². The summed E-state index contributed by atoms with van der Waals surface area (Å²) in [6.45, 7) is 4.15. The summed E-state index contributed by atoms with van der Waals surface area (Å²) in [6, 6.07) is 15.2. The van der Waals surface area contributed by atoms with E-state index in [9.17, 15) is 4.39 Å². The molecule has 2 rings (SSSR count). The predicted molar refractivity (Wildman–Crippen MR) is 80.5 cm³/mol. The molecule has 0 radical (unpaired) electrons. The zero-order valence-electron chi connectivity index (χ0n) is 11.0. The first kappa shape index (κ1) is 14.2. The van der Waals surface area contributed by atoms with Crippen molar-refractivity contribution in [1.29, 1.82) is 0 Å². The second-order valence-corrected chi connectivity index (χ2v) is 5.64. The number of benzene rings is 2. The van der Waals surface area contributed by atoms with Crippen LogP contribution in [-0.4, -0.2) is 0 Å². The molecule has 0 heterocycles. The lowest BCUT2D eigenvalue weighted by Gasteiger charge is -2.21. The first-order valence-corrected chi connectivity index (χ1v) is 7.12. The molecular weight excluding hydrogens is 305 g/mol. The highest BCUT2D eigenvalue weighted by Gasteiger charge is 2.11. The maximum absolute atomic E-state index is 13.2. The Morgan fingerprint density at radius 1 is 0.947 bits per heavy atom. The largest absolute Gasteiger partial charge is 0.304 e. The smallest absolute Gasteiger partial charge is 0.123 e. The lowest BCUT2D eigenvalue weighted by molar-refractivity contribution is 0.492. The molecule has 0 bridgehead atoms. The summed E-state index contributed by atoms with van der Waals surface area (Å²) in [5, 5.41) is 3.48. The van der Waals surface area contributed by atoms with Crippen molar-refractivity contribution >= 4 is 15.9 Å². The van der Waals surface area contributed by atoms with Crippen molar-refractivity contribution in [3.05, 3.63) is 69.9 Å². The summed E-state index contributed by atoms with van der Waals surface area (Å²) in [7, 11) is 0. The van der Waals surface area contributed by atoms with Gasteiger partial charge in [0, 0.05) is 16.6 Å². The second-order valence-electron chi connectivity index (χ2n) is 4.72. The molecule has 0 aliphatic carbocycles. The molecule has 2 aromatic rings. The quantitative estimate of drug-likeness (QED) is 0.835. The molecule has 3 heteroatoms. The minimum atomic E-state index is -0.193. The van der Waals surface area contributed by atoms with Gasteiger partial charge in [-0.2, -0.15) is 0 Å². The topological polar surface area (TPSA) is 12.0 Å². The van der Waals surface area contributed by atoms with E-state index in [0.29, 0.717) is 0 Å². The van der Waals surface area contributed by atoms with Gasteiger partial charge in [-0.15, -0.1) is 0 Å². The van der Waals surface area contributed by atoms with Crippen LogP contribution >= 0.6 is 15.9 Å². The molecule has 1 nitrogen and oxygen atoms in total. The predicted octanol–water partition coefficient (Wildman–Crippen LogP) is 5.00. The van der Waals surface area contributed by atoms with Gasteiger partial charge < -0.3 is 5.32 Å². The molecule has 0 aliphatic rings. The summed E-state index contributed by atoms with van der Waals surface area (Å²) in [5.74, 6) is -0.193. The van der Waals surface area contributed by atoms with Crippen molar-refractivity contribution in [3.63, 3.8) is 0 Å². The van der Waals surface area contributed by atoms with E-state index in [4.69, 9.17) is 0 Å². The van der Waals surface area contributed by atoms with Crippen LogP contribution in [-0.2, 0) is 0 Å². The Balaban J connectivity index is 2.08. The Labute approximate surface area is 122 Å². The maximum Gasteiger partial charge on any atom is 0.123 e. The molecule has 0 saturated carbocycles. The molecule has 2 unspecified atom stereocenters. The average Bonchev–Trinajstić information content (AvgIpc) is 2.38. The molecule has 19 heavy (non-hydrogen) atoms. The molecule has 0 fully saturated rings. The standard InChI is InChI=1S/C16H17BrFN/c1-11(13-5-3-7-15(17)9-13)19-12(2)14-6-4-8-16(18)10-14/h3-12,19H,1-2H3. The Morgan fingerprint density at radius 2 is 1.53 bits per heavy atom. The molecule has 0 amide bonds. The average molecular weight is 322 g/mol. The number of nitrogens with one attached hydrogen (secondary N) is 1. The zero-order valence-corrected chi connectivity index (χ0v) is 12.6. The zero-order chi connectivity index (χ0) is 13.8. The van der Waals surface area contributed by atoms with Crippen LogP contribution in [0, 0.1) is 5.82 Å². The first-order chi connectivity index (χ1) is 9.06. The first-order valence-electron chi connectivity index (χ1n) is 6.33. The minimum Gasteiger partial charge on any atom is -0.304 e. The molecule has 2 atom stereocenters. The number of rotatable bonds is 4. The fourth-order valence-electron chi connectivity index (χ4n) is 2.12. The highest BCUT2D eigenvalue weighted by Crippen LogP contribution is 2.22. The highest BCUT2D eigenvalue weighted by atomic mass is 79.9. The SMILES string of the molecule is CC(NC(C)c1cccc(Br)c1)c1cccc(F)c1. The van der Waals surface area contributed by atoms with Crippen LogP contribution in [0.15, 0.2) is 53.0 Å².